The van der Waals surface area contributed by atoms with Gasteiger partial charge in [-0.05, 0) is 35.7 Å². The molecule has 0 bridgehead atoms. The standard InChI is InChI=1S/C32H31F2N9O11P2S2/c1-36-10-13-48-56(58)50-15-20-26(23(34)31(52-20)43-17-39-24-27(37-16-38-28(24)43)41-29(45)18-6-3-2-4-7-18)53-55(57,47-12-5-9-35)49-14-19-25(54-56)22(33)30(51-19)42-11-8-21(44)40-32(42)46/h2-4,6-8,11,16-17,19-20,22-23,25-26,30-31H,5,10,12-15H2,(H,40,44,46)(H,37,38,41,45)/t19-,20-,22?,23?,25+,26+,30-,31-,55?,56?/m1/s1. The Kier molecular flexibility index (Phi) is 12.9. The van der Waals surface area contributed by atoms with Crippen LogP contribution in [0.2, 0.25) is 0 Å². The molecule has 3 aromatic heterocycles. The number of alkyl halides is 2. The van der Waals surface area contributed by atoms with Crippen molar-refractivity contribution < 1.29 is 50.2 Å². The molecule has 0 saturated carbocycles. The van der Waals surface area contributed by atoms with Crippen LogP contribution in [0.25, 0.3) is 16.0 Å². The molecule has 306 valence electrons. The van der Waals surface area contributed by atoms with Crippen LogP contribution in [0.4, 0.5) is 14.6 Å². The van der Waals surface area contributed by atoms with Crippen molar-refractivity contribution >= 4 is 59.9 Å². The molecule has 4 aromatic rings. The molecule has 3 fully saturated rings. The minimum atomic E-state index is -4.08. The molecule has 0 aliphatic carbocycles. The Morgan fingerprint density at radius 3 is 2.24 bits per heavy atom. The number of halogens is 2. The van der Waals surface area contributed by atoms with Crippen molar-refractivity contribution in [3.63, 3.8) is 0 Å². The Balaban J connectivity index is 1.21. The number of benzene rings is 1. The monoisotopic (exact) mass is 881 g/mol. The van der Waals surface area contributed by atoms with Crippen LogP contribution in [0.5, 0.6) is 0 Å². The van der Waals surface area contributed by atoms with E-state index in [1.165, 1.54) is 10.9 Å². The predicted molar refractivity (Wildman–Crippen MR) is 202 cm³/mol. The summed E-state index contributed by atoms with van der Waals surface area (Å²) in [5.74, 6) is -0.445. The van der Waals surface area contributed by atoms with Gasteiger partial charge in [-0.2, -0.15) is 5.26 Å². The van der Waals surface area contributed by atoms with Crippen molar-refractivity contribution in [1.82, 2.24) is 29.1 Å². The molecular formula is C32H31F2N9O11P2S2. The molecule has 58 heavy (non-hydrogen) atoms. The van der Waals surface area contributed by atoms with Gasteiger partial charge < -0.3 is 37.7 Å². The maximum atomic E-state index is 16.9. The summed E-state index contributed by atoms with van der Waals surface area (Å²) in [5, 5.41) is 11.9. The number of hydrogen-bond donors (Lipinski definition) is 2. The van der Waals surface area contributed by atoms with Crippen LogP contribution in [0, 0.1) is 17.9 Å². The minimum absolute atomic E-state index is 0.0351. The summed E-state index contributed by atoms with van der Waals surface area (Å²) in [6.45, 7) is -3.02. The van der Waals surface area contributed by atoms with E-state index in [-0.39, 0.29) is 43.2 Å². The number of ether oxygens (including phenoxy) is 2. The predicted octanol–water partition coefficient (Wildman–Crippen LogP) is 3.23. The lowest BCUT2D eigenvalue weighted by molar-refractivity contribution is -0.0623. The molecule has 3 aliphatic heterocycles. The van der Waals surface area contributed by atoms with Crippen LogP contribution in [-0.2, 0) is 60.2 Å². The molecule has 3 saturated heterocycles. The van der Waals surface area contributed by atoms with Crippen LogP contribution in [0.15, 0.2) is 64.8 Å². The van der Waals surface area contributed by atoms with Gasteiger partial charge in [0.05, 0.1) is 38.6 Å². The Morgan fingerprint density at radius 1 is 0.983 bits per heavy atom. The third-order valence-corrected chi connectivity index (χ3v) is 13.5. The maximum Gasteiger partial charge on any atom is 0.330 e. The molecule has 0 spiro atoms. The number of anilines is 1. The van der Waals surface area contributed by atoms with Gasteiger partial charge >= 0.3 is 19.1 Å². The quantitative estimate of drug-likeness (QED) is 0.132. The Morgan fingerprint density at radius 2 is 1.62 bits per heavy atom. The number of H-pyrrole nitrogens is 1. The SMILES string of the molecule is [C-]#[N+]CCOP1(=S)OC[C@H]2O[C@@H](n3cnc4c(NC(=O)c5ccccc5)ncnc43)C(F)[C@H]2OP(=S)(OCCC#N)OC[C@H]2O[C@@H](n3ccc(=O)[nH]c3=O)C(F)[C@H]2O1. The number of rotatable bonds is 10. The molecule has 0 radical (unpaired) electrons. The first-order chi connectivity index (χ1) is 27.9. The summed E-state index contributed by atoms with van der Waals surface area (Å²) in [6.07, 6.45) is -10.3. The van der Waals surface area contributed by atoms with Gasteiger partial charge in [0.2, 0.25) is 6.54 Å². The first kappa shape index (κ1) is 41.9. The summed E-state index contributed by atoms with van der Waals surface area (Å²) in [4.78, 5) is 55.3. The number of aromatic nitrogens is 6. The van der Waals surface area contributed by atoms with Crippen molar-refractivity contribution in [2.24, 2.45) is 0 Å². The van der Waals surface area contributed by atoms with Crippen LogP contribution >= 0.6 is 13.4 Å². The van der Waals surface area contributed by atoms with E-state index in [0.29, 0.717) is 5.56 Å². The maximum absolute atomic E-state index is 16.9. The van der Waals surface area contributed by atoms with Gasteiger partial charge in [-0.1, -0.05) is 18.2 Å². The number of nitrogens with one attached hydrogen (secondary N) is 2. The molecule has 6 heterocycles. The second-order valence-corrected chi connectivity index (χ2v) is 18.4. The number of carbonyl (C=O) groups is 1. The van der Waals surface area contributed by atoms with Gasteiger partial charge in [-0.3, -0.25) is 32.8 Å². The molecule has 3 aliphatic rings. The summed E-state index contributed by atoms with van der Waals surface area (Å²) in [5.41, 5.74) is -1.21. The lowest BCUT2D eigenvalue weighted by Gasteiger charge is -2.32. The van der Waals surface area contributed by atoms with Crippen LogP contribution in [-0.4, -0.2) is 105 Å². The highest BCUT2D eigenvalue weighted by Crippen LogP contribution is 2.58. The molecule has 4 unspecified atom stereocenters. The topological polar surface area (TPSA) is 230 Å². The van der Waals surface area contributed by atoms with Crippen molar-refractivity contribution in [2.45, 2.75) is 55.6 Å². The van der Waals surface area contributed by atoms with E-state index in [1.54, 1.807) is 30.3 Å². The van der Waals surface area contributed by atoms with Crippen molar-refractivity contribution in [1.29, 1.82) is 5.26 Å². The smallest absolute Gasteiger partial charge is 0.330 e. The fourth-order valence-electron chi connectivity index (χ4n) is 6.11. The van der Waals surface area contributed by atoms with Gasteiger partial charge in [0, 0.05) is 17.8 Å². The number of hydrogen-bond acceptors (Lipinski definition) is 17. The number of carbonyl (C=O) groups excluding carboxylic acids is 1. The molecule has 2 N–H and O–H groups in total. The third kappa shape index (κ3) is 8.99. The normalized spacial score (nSPS) is 31.2. The van der Waals surface area contributed by atoms with Crippen LogP contribution < -0.4 is 16.6 Å². The number of aromatic amines is 1. The lowest BCUT2D eigenvalue weighted by atomic mass is 10.1. The van der Waals surface area contributed by atoms with E-state index >= 15 is 8.78 Å². The second kappa shape index (κ2) is 17.9. The summed E-state index contributed by atoms with van der Waals surface area (Å²) < 4.78 is 83.0. The zero-order valence-electron chi connectivity index (χ0n) is 29.6. The fraction of sp³-hybridized carbons (Fsp3) is 0.438. The van der Waals surface area contributed by atoms with E-state index in [9.17, 15) is 19.6 Å². The largest absolute Gasteiger partial charge is 0.346 e. The first-order valence-corrected chi connectivity index (χ1v) is 22.3. The zero-order chi connectivity index (χ0) is 41.0. The van der Waals surface area contributed by atoms with E-state index in [4.69, 9.17) is 66.8 Å². The van der Waals surface area contributed by atoms with Crippen LogP contribution in [0.1, 0.15) is 29.2 Å². The molecule has 1 aromatic carbocycles. The minimum Gasteiger partial charge on any atom is -0.346 e. The van der Waals surface area contributed by atoms with Gasteiger partial charge in [0.1, 0.15) is 37.4 Å². The van der Waals surface area contributed by atoms with Crippen molar-refractivity contribution in [3.05, 3.63) is 93.1 Å². The molecule has 20 nitrogen and oxygen atoms in total. The molecule has 10 atom stereocenters. The van der Waals surface area contributed by atoms with E-state index in [1.807, 2.05) is 11.1 Å². The van der Waals surface area contributed by atoms with Crippen molar-refractivity contribution in [2.75, 3.05) is 38.3 Å². The van der Waals surface area contributed by atoms with Gasteiger partial charge in [0.15, 0.2) is 41.8 Å². The van der Waals surface area contributed by atoms with Gasteiger partial charge in [0.25, 0.3) is 11.5 Å². The fourth-order valence-corrected chi connectivity index (χ4v) is 10.3. The number of amides is 1. The Labute approximate surface area is 336 Å². The molecule has 7 rings (SSSR count). The highest BCUT2D eigenvalue weighted by atomic mass is 32.5. The highest BCUT2D eigenvalue weighted by Gasteiger charge is 2.54. The second-order valence-electron chi connectivity index (χ2n) is 12.5. The lowest BCUT2D eigenvalue weighted by Crippen LogP contribution is -2.38. The number of nitriles is 1. The van der Waals surface area contributed by atoms with Gasteiger partial charge in [-0.15, -0.1) is 0 Å². The summed E-state index contributed by atoms with van der Waals surface area (Å²) >= 11 is 11.4. The third-order valence-electron chi connectivity index (χ3n) is 8.77. The summed E-state index contributed by atoms with van der Waals surface area (Å²) in [6, 6.07) is 11.2. The van der Waals surface area contributed by atoms with Crippen molar-refractivity contribution in [3.8, 4) is 6.07 Å². The first-order valence-electron chi connectivity index (χ1n) is 17.2. The zero-order valence-corrected chi connectivity index (χ0v) is 33.1. The average Bonchev–Trinajstić information content (AvgIpc) is 3.86. The molecule has 26 heteroatoms. The van der Waals surface area contributed by atoms with E-state index in [0.717, 1.165) is 23.2 Å². The number of nitrogens with zero attached hydrogens (tertiary/aromatic N) is 7. The molecular weight excluding hydrogens is 850 g/mol. The van der Waals surface area contributed by atoms with E-state index < -0.39 is 93.0 Å². The highest BCUT2D eigenvalue weighted by molar-refractivity contribution is 8.07. The van der Waals surface area contributed by atoms with Crippen LogP contribution in [0.3, 0.4) is 0 Å². The number of fused-ring (bicyclic) bond motifs is 3. The Hall–Kier alpha value is -4.26. The molecule has 1 amide bonds. The van der Waals surface area contributed by atoms with Gasteiger partial charge in [-0.25, -0.2) is 35.1 Å². The number of imidazole rings is 1. The van der Waals surface area contributed by atoms with E-state index in [2.05, 4.69) is 25.1 Å². The Bertz CT molecular complexity index is 2450. The summed E-state index contributed by atoms with van der Waals surface area (Å²) in [7, 11) is 0. The average molecular weight is 882 g/mol.